The predicted molar refractivity (Wildman–Crippen MR) is 97.9 cm³/mol. The Morgan fingerprint density at radius 1 is 0.889 bits per heavy atom. The molecule has 0 aliphatic carbocycles. The molecule has 7 nitrogen and oxygen atoms in total. The highest BCUT2D eigenvalue weighted by atomic mass is 16.7. The van der Waals surface area contributed by atoms with Gasteiger partial charge in [0.15, 0.2) is 23.0 Å². The third kappa shape index (κ3) is 3.93. The monoisotopic (exact) mass is 370 g/mol. The molecule has 2 N–H and O–H groups in total. The van der Waals surface area contributed by atoms with Gasteiger partial charge in [0.1, 0.15) is 0 Å². The molecule has 2 heterocycles. The SMILES string of the molecule is O=C(Cc1ccc(O)c(O)c1)N1CCN(Cc2ccc3c(c2)OCO3)CC1. The smallest absolute Gasteiger partial charge is 0.231 e. The van der Waals surface area contributed by atoms with Crippen molar-refractivity contribution in [3.63, 3.8) is 0 Å². The molecule has 1 fully saturated rings. The lowest BCUT2D eigenvalue weighted by Crippen LogP contribution is -2.48. The average molecular weight is 370 g/mol. The van der Waals surface area contributed by atoms with E-state index in [1.807, 2.05) is 23.1 Å². The lowest BCUT2D eigenvalue weighted by Gasteiger charge is -2.35. The van der Waals surface area contributed by atoms with Gasteiger partial charge in [-0.25, -0.2) is 0 Å². The highest BCUT2D eigenvalue weighted by Gasteiger charge is 2.22. The van der Waals surface area contributed by atoms with E-state index in [0.29, 0.717) is 18.7 Å². The fourth-order valence-corrected chi connectivity index (χ4v) is 3.42. The van der Waals surface area contributed by atoms with Crippen LogP contribution in [0.1, 0.15) is 11.1 Å². The molecule has 27 heavy (non-hydrogen) atoms. The van der Waals surface area contributed by atoms with E-state index in [0.717, 1.165) is 31.1 Å². The summed E-state index contributed by atoms with van der Waals surface area (Å²) < 4.78 is 10.8. The van der Waals surface area contributed by atoms with Crippen LogP contribution in [0.4, 0.5) is 0 Å². The predicted octanol–water partition coefficient (Wildman–Crippen LogP) is 1.71. The van der Waals surface area contributed by atoms with Crippen molar-refractivity contribution in [3.05, 3.63) is 47.5 Å². The van der Waals surface area contributed by atoms with Gasteiger partial charge in [-0.15, -0.1) is 0 Å². The molecule has 0 radical (unpaired) electrons. The molecule has 2 aliphatic heterocycles. The molecular weight excluding hydrogens is 348 g/mol. The molecule has 2 aromatic rings. The summed E-state index contributed by atoms with van der Waals surface area (Å²) in [6, 6.07) is 10.5. The normalized spacial score (nSPS) is 16.5. The fourth-order valence-electron chi connectivity index (χ4n) is 3.42. The number of piperazine rings is 1. The number of carbonyl (C=O) groups is 1. The van der Waals surface area contributed by atoms with E-state index in [-0.39, 0.29) is 30.6 Å². The maximum atomic E-state index is 12.5. The molecule has 7 heteroatoms. The molecular formula is C20H22N2O5. The number of hydrogen-bond acceptors (Lipinski definition) is 6. The Morgan fingerprint density at radius 3 is 2.41 bits per heavy atom. The molecule has 0 unspecified atom stereocenters. The third-order valence-electron chi connectivity index (χ3n) is 4.96. The first-order chi connectivity index (χ1) is 13.1. The van der Waals surface area contributed by atoms with Gasteiger partial charge in [0, 0.05) is 32.7 Å². The Balaban J connectivity index is 1.29. The quantitative estimate of drug-likeness (QED) is 0.798. The lowest BCUT2D eigenvalue weighted by molar-refractivity contribution is -0.132. The summed E-state index contributed by atoms with van der Waals surface area (Å²) in [5.41, 5.74) is 1.86. The number of aromatic hydroxyl groups is 2. The number of rotatable bonds is 4. The van der Waals surface area contributed by atoms with E-state index in [1.54, 1.807) is 6.07 Å². The van der Waals surface area contributed by atoms with Crippen LogP contribution < -0.4 is 9.47 Å². The van der Waals surface area contributed by atoms with Gasteiger partial charge < -0.3 is 24.6 Å². The summed E-state index contributed by atoms with van der Waals surface area (Å²) in [6.45, 7) is 4.05. The van der Waals surface area contributed by atoms with Crippen LogP contribution >= 0.6 is 0 Å². The summed E-state index contributed by atoms with van der Waals surface area (Å²) in [5.74, 6) is 1.23. The lowest BCUT2D eigenvalue weighted by atomic mass is 10.1. The first-order valence-electron chi connectivity index (χ1n) is 8.98. The summed E-state index contributed by atoms with van der Waals surface area (Å²) >= 11 is 0. The zero-order chi connectivity index (χ0) is 18.8. The highest BCUT2D eigenvalue weighted by molar-refractivity contribution is 5.79. The molecule has 0 bridgehead atoms. The molecule has 1 amide bonds. The Labute approximate surface area is 157 Å². The molecule has 0 saturated carbocycles. The minimum Gasteiger partial charge on any atom is -0.504 e. The van der Waals surface area contributed by atoms with Crippen molar-refractivity contribution >= 4 is 5.91 Å². The van der Waals surface area contributed by atoms with Gasteiger partial charge in [0.2, 0.25) is 12.7 Å². The fraction of sp³-hybridized carbons (Fsp3) is 0.350. The number of hydrogen-bond donors (Lipinski definition) is 2. The largest absolute Gasteiger partial charge is 0.504 e. The summed E-state index contributed by atoms with van der Waals surface area (Å²) in [7, 11) is 0. The van der Waals surface area contributed by atoms with Crippen LogP contribution in [0.3, 0.4) is 0 Å². The van der Waals surface area contributed by atoms with Gasteiger partial charge in [0.25, 0.3) is 0 Å². The van der Waals surface area contributed by atoms with E-state index in [1.165, 1.54) is 17.7 Å². The second-order valence-corrected chi connectivity index (χ2v) is 6.84. The molecule has 0 aromatic heterocycles. The average Bonchev–Trinajstić information content (AvgIpc) is 3.13. The number of phenols is 2. The Hall–Kier alpha value is -2.93. The Kier molecular flexibility index (Phi) is 4.77. The van der Waals surface area contributed by atoms with E-state index in [2.05, 4.69) is 4.90 Å². The zero-order valence-electron chi connectivity index (χ0n) is 14.9. The van der Waals surface area contributed by atoms with Gasteiger partial charge >= 0.3 is 0 Å². The van der Waals surface area contributed by atoms with Crippen molar-refractivity contribution in [2.75, 3.05) is 33.0 Å². The number of fused-ring (bicyclic) bond motifs is 1. The van der Waals surface area contributed by atoms with Gasteiger partial charge in [-0.2, -0.15) is 0 Å². The summed E-state index contributed by atoms with van der Waals surface area (Å²) in [6.07, 6.45) is 0.218. The van der Waals surface area contributed by atoms with Gasteiger partial charge in [-0.1, -0.05) is 12.1 Å². The molecule has 2 aliphatic rings. The van der Waals surface area contributed by atoms with Crippen molar-refractivity contribution in [2.24, 2.45) is 0 Å². The molecule has 0 atom stereocenters. The summed E-state index contributed by atoms with van der Waals surface area (Å²) in [5, 5.41) is 18.9. The van der Waals surface area contributed by atoms with Crippen LogP contribution in [0.15, 0.2) is 36.4 Å². The van der Waals surface area contributed by atoms with Gasteiger partial charge in [-0.3, -0.25) is 9.69 Å². The minimum atomic E-state index is -0.200. The number of ether oxygens (including phenoxy) is 2. The van der Waals surface area contributed by atoms with Crippen molar-refractivity contribution in [3.8, 4) is 23.0 Å². The van der Waals surface area contributed by atoms with Crippen LogP contribution in [-0.2, 0) is 17.8 Å². The number of carbonyl (C=O) groups excluding carboxylic acids is 1. The van der Waals surface area contributed by atoms with Crippen molar-refractivity contribution in [1.29, 1.82) is 0 Å². The zero-order valence-corrected chi connectivity index (χ0v) is 14.9. The van der Waals surface area contributed by atoms with Gasteiger partial charge in [-0.05, 0) is 35.4 Å². The van der Waals surface area contributed by atoms with Crippen molar-refractivity contribution in [2.45, 2.75) is 13.0 Å². The standard InChI is InChI=1S/C20H22N2O5/c23-16-3-1-14(9-17(16)24)11-20(25)22-7-5-21(6-8-22)12-15-2-4-18-19(10-15)27-13-26-18/h1-4,9-10,23-24H,5-8,11-13H2. The maximum Gasteiger partial charge on any atom is 0.231 e. The topological polar surface area (TPSA) is 82.5 Å². The van der Waals surface area contributed by atoms with E-state index < -0.39 is 0 Å². The number of benzene rings is 2. The third-order valence-corrected chi connectivity index (χ3v) is 4.96. The number of nitrogens with zero attached hydrogens (tertiary/aromatic N) is 2. The van der Waals surface area contributed by atoms with Crippen LogP contribution in [0.5, 0.6) is 23.0 Å². The molecule has 142 valence electrons. The van der Waals surface area contributed by atoms with Crippen LogP contribution in [0.2, 0.25) is 0 Å². The highest BCUT2D eigenvalue weighted by Crippen LogP contribution is 2.33. The van der Waals surface area contributed by atoms with Crippen molar-refractivity contribution in [1.82, 2.24) is 9.80 Å². The molecule has 2 aromatic carbocycles. The number of amides is 1. The maximum absolute atomic E-state index is 12.5. The van der Waals surface area contributed by atoms with E-state index in [9.17, 15) is 15.0 Å². The van der Waals surface area contributed by atoms with Crippen LogP contribution in [-0.4, -0.2) is 58.9 Å². The van der Waals surface area contributed by atoms with E-state index in [4.69, 9.17) is 9.47 Å². The number of phenolic OH excluding ortho intramolecular Hbond substituents is 2. The van der Waals surface area contributed by atoms with Crippen molar-refractivity contribution < 1.29 is 24.5 Å². The minimum absolute atomic E-state index is 0.0304. The Morgan fingerprint density at radius 2 is 1.63 bits per heavy atom. The second kappa shape index (κ2) is 7.36. The first kappa shape index (κ1) is 17.5. The molecule has 4 rings (SSSR count). The van der Waals surface area contributed by atoms with Crippen LogP contribution in [0, 0.1) is 0 Å². The van der Waals surface area contributed by atoms with E-state index >= 15 is 0 Å². The molecule has 1 saturated heterocycles. The summed E-state index contributed by atoms with van der Waals surface area (Å²) in [4.78, 5) is 16.6. The first-order valence-corrected chi connectivity index (χ1v) is 8.98. The Bertz CT molecular complexity index is 846. The molecule has 0 spiro atoms. The second-order valence-electron chi connectivity index (χ2n) is 6.84. The van der Waals surface area contributed by atoms with Gasteiger partial charge in [0.05, 0.1) is 6.42 Å². The van der Waals surface area contributed by atoms with Crippen LogP contribution in [0.25, 0.3) is 0 Å².